The van der Waals surface area contributed by atoms with Crippen molar-refractivity contribution in [3.05, 3.63) is 103 Å². The maximum absolute atomic E-state index is 6.07. The minimum absolute atomic E-state index is 0.805. The number of anilines is 3. The Morgan fingerprint density at radius 1 is 0.519 bits per heavy atom. The highest BCUT2D eigenvalue weighted by atomic mass is 16.5. The van der Waals surface area contributed by atoms with E-state index in [2.05, 4.69) is 29.2 Å². The number of fused-ring (bicyclic) bond motifs is 2. The summed E-state index contributed by atoms with van der Waals surface area (Å²) in [6.45, 7) is 0. The summed E-state index contributed by atoms with van der Waals surface area (Å²) in [4.78, 5) is 2.21. The third kappa shape index (κ3) is 2.89. The van der Waals surface area contributed by atoms with Crippen molar-refractivity contribution in [3.8, 4) is 23.0 Å². The number of hydrogen-bond acceptors (Lipinski definition) is 3. The van der Waals surface area contributed by atoms with Crippen molar-refractivity contribution in [1.29, 1.82) is 0 Å². The van der Waals surface area contributed by atoms with Crippen LogP contribution in [0.4, 0.5) is 17.1 Å². The van der Waals surface area contributed by atoms with Crippen LogP contribution < -0.4 is 14.4 Å². The standard InChI is InChI=1S/C24H17NO2/c1-2-8-19(9-3-1)26-20-16-14-18(15-17-20)25-21-10-4-6-12-23(21)27-24-13-7-5-11-22(24)25/h1-17H. The van der Waals surface area contributed by atoms with Gasteiger partial charge >= 0.3 is 0 Å². The minimum Gasteiger partial charge on any atom is -0.457 e. The lowest BCUT2D eigenvalue weighted by molar-refractivity contribution is 0.476. The first-order valence-corrected chi connectivity index (χ1v) is 8.87. The third-order valence-corrected chi connectivity index (χ3v) is 4.51. The van der Waals surface area contributed by atoms with Gasteiger partial charge in [0.05, 0.1) is 11.4 Å². The fraction of sp³-hybridized carbons (Fsp3) is 0. The largest absolute Gasteiger partial charge is 0.457 e. The van der Waals surface area contributed by atoms with E-state index in [0.29, 0.717) is 0 Å². The molecule has 1 heterocycles. The van der Waals surface area contributed by atoms with Gasteiger partial charge in [-0.1, -0.05) is 42.5 Å². The van der Waals surface area contributed by atoms with Crippen LogP contribution >= 0.6 is 0 Å². The lowest BCUT2D eigenvalue weighted by Gasteiger charge is -2.32. The number of benzene rings is 4. The number of rotatable bonds is 3. The molecule has 0 bridgehead atoms. The Morgan fingerprint density at radius 2 is 1.04 bits per heavy atom. The first-order valence-electron chi connectivity index (χ1n) is 8.87. The van der Waals surface area contributed by atoms with E-state index in [9.17, 15) is 0 Å². The highest BCUT2D eigenvalue weighted by molar-refractivity contribution is 5.86. The summed E-state index contributed by atoms with van der Waals surface area (Å²) in [6.07, 6.45) is 0. The van der Waals surface area contributed by atoms with Crippen molar-refractivity contribution >= 4 is 17.1 Å². The molecule has 4 aromatic rings. The normalized spacial score (nSPS) is 11.9. The van der Waals surface area contributed by atoms with Gasteiger partial charge in [-0.2, -0.15) is 0 Å². The van der Waals surface area contributed by atoms with Gasteiger partial charge in [-0.3, -0.25) is 0 Å². The van der Waals surface area contributed by atoms with Gasteiger partial charge in [0.1, 0.15) is 11.5 Å². The Labute approximate surface area is 158 Å². The van der Waals surface area contributed by atoms with Gasteiger partial charge in [-0.05, 0) is 60.7 Å². The molecule has 4 aromatic carbocycles. The smallest absolute Gasteiger partial charge is 0.151 e. The first-order chi connectivity index (χ1) is 13.4. The summed E-state index contributed by atoms with van der Waals surface area (Å²) in [7, 11) is 0. The van der Waals surface area contributed by atoms with E-state index in [-0.39, 0.29) is 0 Å². The van der Waals surface area contributed by atoms with E-state index < -0.39 is 0 Å². The molecule has 0 aliphatic carbocycles. The molecule has 27 heavy (non-hydrogen) atoms. The molecule has 130 valence electrons. The van der Waals surface area contributed by atoms with Gasteiger partial charge in [0.15, 0.2) is 11.5 Å². The maximum Gasteiger partial charge on any atom is 0.151 e. The zero-order chi connectivity index (χ0) is 18.1. The Balaban J connectivity index is 1.53. The van der Waals surface area contributed by atoms with Crippen LogP contribution in [0.5, 0.6) is 23.0 Å². The van der Waals surface area contributed by atoms with Crippen molar-refractivity contribution in [2.24, 2.45) is 0 Å². The van der Waals surface area contributed by atoms with Gasteiger partial charge in [0.25, 0.3) is 0 Å². The second-order valence-corrected chi connectivity index (χ2v) is 6.28. The summed E-state index contributed by atoms with van der Waals surface area (Å²) in [5, 5.41) is 0. The molecule has 5 rings (SSSR count). The molecule has 0 radical (unpaired) electrons. The lowest BCUT2D eigenvalue weighted by atomic mass is 10.1. The average Bonchev–Trinajstić information content (AvgIpc) is 2.73. The molecule has 3 heteroatoms. The lowest BCUT2D eigenvalue weighted by Crippen LogP contribution is -2.15. The van der Waals surface area contributed by atoms with Crippen molar-refractivity contribution in [1.82, 2.24) is 0 Å². The van der Waals surface area contributed by atoms with E-state index in [4.69, 9.17) is 9.47 Å². The monoisotopic (exact) mass is 351 g/mol. The summed E-state index contributed by atoms with van der Waals surface area (Å²) in [5.41, 5.74) is 3.10. The van der Waals surface area contributed by atoms with Crippen LogP contribution in [0.3, 0.4) is 0 Å². The second-order valence-electron chi connectivity index (χ2n) is 6.28. The van der Waals surface area contributed by atoms with Gasteiger partial charge < -0.3 is 14.4 Å². The fourth-order valence-electron chi connectivity index (χ4n) is 3.27. The van der Waals surface area contributed by atoms with E-state index in [1.54, 1.807) is 0 Å². The van der Waals surface area contributed by atoms with Crippen molar-refractivity contribution < 1.29 is 9.47 Å². The summed E-state index contributed by atoms with van der Waals surface area (Å²) in [5.74, 6) is 3.33. The summed E-state index contributed by atoms with van der Waals surface area (Å²) < 4.78 is 12.0. The van der Waals surface area contributed by atoms with Crippen LogP contribution in [0.15, 0.2) is 103 Å². The van der Waals surface area contributed by atoms with Crippen molar-refractivity contribution in [2.75, 3.05) is 4.90 Å². The quantitative estimate of drug-likeness (QED) is 0.347. The molecule has 3 nitrogen and oxygen atoms in total. The van der Waals surface area contributed by atoms with Crippen LogP contribution in [-0.2, 0) is 0 Å². The van der Waals surface area contributed by atoms with E-state index in [1.807, 2.05) is 78.9 Å². The predicted molar refractivity (Wildman–Crippen MR) is 108 cm³/mol. The summed E-state index contributed by atoms with van der Waals surface area (Å²) in [6, 6.07) is 34.1. The molecule has 0 unspecified atom stereocenters. The SMILES string of the molecule is c1ccc(Oc2ccc(N3c4ccccc4Oc4ccccc43)cc2)cc1. The van der Waals surface area contributed by atoms with E-state index in [1.165, 1.54) is 0 Å². The molecule has 1 aliphatic heterocycles. The molecule has 0 spiro atoms. The molecular formula is C24H17NO2. The maximum atomic E-state index is 6.07. The third-order valence-electron chi connectivity index (χ3n) is 4.51. The Morgan fingerprint density at radius 3 is 1.67 bits per heavy atom. The topological polar surface area (TPSA) is 21.7 Å². The second kappa shape index (κ2) is 6.54. The van der Waals surface area contributed by atoms with Gasteiger partial charge in [-0.15, -0.1) is 0 Å². The predicted octanol–water partition coefficient (Wildman–Crippen LogP) is 7.05. The number of hydrogen-bond donors (Lipinski definition) is 0. The number of ether oxygens (including phenoxy) is 2. The first kappa shape index (κ1) is 15.5. The molecule has 0 saturated heterocycles. The molecular weight excluding hydrogens is 334 g/mol. The molecule has 0 fully saturated rings. The van der Waals surface area contributed by atoms with Crippen LogP contribution in [0, 0.1) is 0 Å². The highest BCUT2D eigenvalue weighted by Gasteiger charge is 2.24. The van der Waals surface area contributed by atoms with Crippen LogP contribution in [0.1, 0.15) is 0 Å². The molecule has 0 aromatic heterocycles. The zero-order valence-corrected chi connectivity index (χ0v) is 14.6. The van der Waals surface area contributed by atoms with Crippen molar-refractivity contribution in [2.45, 2.75) is 0 Å². The van der Waals surface area contributed by atoms with Crippen LogP contribution in [-0.4, -0.2) is 0 Å². The summed E-state index contributed by atoms with van der Waals surface area (Å²) >= 11 is 0. The minimum atomic E-state index is 0.805. The Bertz CT molecular complexity index is 1030. The fourth-order valence-corrected chi connectivity index (χ4v) is 3.27. The number of nitrogens with zero attached hydrogens (tertiary/aromatic N) is 1. The van der Waals surface area contributed by atoms with E-state index >= 15 is 0 Å². The van der Waals surface area contributed by atoms with Crippen molar-refractivity contribution in [3.63, 3.8) is 0 Å². The Hall–Kier alpha value is -3.72. The van der Waals surface area contributed by atoms with E-state index in [0.717, 1.165) is 40.1 Å². The van der Waals surface area contributed by atoms with Crippen LogP contribution in [0.25, 0.3) is 0 Å². The van der Waals surface area contributed by atoms with Crippen LogP contribution in [0.2, 0.25) is 0 Å². The van der Waals surface area contributed by atoms with Gasteiger partial charge in [-0.25, -0.2) is 0 Å². The Kier molecular flexibility index (Phi) is 3.76. The molecule has 0 atom stereocenters. The average molecular weight is 351 g/mol. The van der Waals surface area contributed by atoms with Gasteiger partial charge in [0, 0.05) is 5.69 Å². The molecule has 1 aliphatic rings. The zero-order valence-electron chi connectivity index (χ0n) is 14.6. The molecule has 0 saturated carbocycles. The molecule has 0 amide bonds. The number of para-hydroxylation sites is 5. The van der Waals surface area contributed by atoms with Gasteiger partial charge in [0.2, 0.25) is 0 Å². The highest BCUT2D eigenvalue weighted by Crippen LogP contribution is 2.50. The molecule has 0 N–H and O–H groups in total.